The maximum atomic E-state index is 11.4. The average molecular weight is 250 g/mol. The Hall–Kier alpha value is -1.75. The quantitative estimate of drug-likeness (QED) is 0.776. The number of nitrogens with two attached hydrogens (primary N) is 2. The minimum atomic E-state index is -1.06. The number of hydrogen-bond donors (Lipinski definition) is 2. The van der Waals surface area contributed by atoms with E-state index in [2.05, 4.69) is 0 Å². The van der Waals surface area contributed by atoms with Crippen molar-refractivity contribution in [3.63, 3.8) is 0 Å². The largest absolute Gasteiger partial charge is 0.497 e. The van der Waals surface area contributed by atoms with E-state index in [1.54, 1.807) is 31.4 Å². The lowest BCUT2D eigenvalue weighted by atomic mass is 9.95. The summed E-state index contributed by atoms with van der Waals surface area (Å²) in [4.78, 5) is 11.4. The second-order valence-corrected chi connectivity index (χ2v) is 4.64. The zero-order chi connectivity index (χ0) is 13.2. The maximum Gasteiger partial charge on any atom is 0.241 e. The highest BCUT2D eigenvalue weighted by molar-refractivity contribution is 5.85. The number of rotatable bonds is 6. The van der Waals surface area contributed by atoms with Gasteiger partial charge >= 0.3 is 0 Å². The highest BCUT2D eigenvalue weighted by atomic mass is 16.5. The molecule has 1 fully saturated rings. The zero-order valence-corrected chi connectivity index (χ0v) is 10.4. The Kier molecular flexibility index (Phi) is 3.43. The number of amides is 1. The Morgan fingerprint density at radius 1 is 1.33 bits per heavy atom. The van der Waals surface area contributed by atoms with Gasteiger partial charge in [0.15, 0.2) is 0 Å². The van der Waals surface area contributed by atoms with Crippen LogP contribution in [0.15, 0.2) is 24.3 Å². The highest BCUT2D eigenvalue weighted by Gasteiger charge is 2.47. The van der Waals surface area contributed by atoms with E-state index in [0.29, 0.717) is 5.75 Å². The third-order valence-corrected chi connectivity index (χ3v) is 3.30. The van der Waals surface area contributed by atoms with E-state index in [1.165, 1.54) is 0 Å². The summed E-state index contributed by atoms with van der Waals surface area (Å²) in [5.41, 5.74) is 10.3. The zero-order valence-electron chi connectivity index (χ0n) is 10.4. The summed E-state index contributed by atoms with van der Waals surface area (Å²) in [5.74, 6) is 1.04. The molecule has 98 valence electrons. The van der Waals surface area contributed by atoms with Crippen molar-refractivity contribution in [2.75, 3.05) is 13.7 Å². The molecule has 1 aromatic rings. The van der Waals surface area contributed by atoms with Crippen LogP contribution in [0.5, 0.6) is 11.5 Å². The molecule has 1 aliphatic carbocycles. The van der Waals surface area contributed by atoms with Crippen LogP contribution in [0.3, 0.4) is 0 Å². The molecule has 0 spiro atoms. The fourth-order valence-electron chi connectivity index (χ4n) is 1.86. The first-order chi connectivity index (χ1) is 8.56. The van der Waals surface area contributed by atoms with Gasteiger partial charge < -0.3 is 20.9 Å². The topological polar surface area (TPSA) is 87.6 Å². The monoisotopic (exact) mass is 250 g/mol. The van der Waals surface area contributed by atoms with Crippen molar-refractivity contribution in [2.24, 2.45) is 17.4 Å². The lowest BCUT2D eigenvalue weighted by Gasteiger charge is -2.25. The minimum absolute atomic E-state index is 0.110. The van der Waals surface area contributed by atoms with Crippen LogP contribution >= 0.6 is 0 Å². The van der Waals surface area contributed by atoms with Gasteiger partial charge in [-0.15, -0.1) is 0 Å². The molecule has 1 aromatic carbocycles. The molecule has 18 heavy (non-hydrogen) atoms. The number of hydrogen-bond acceptors (Lipinski definition) is 4. The van der Waals surface area contributed by atoms with E-state index < -0.39 is 11.4 Å². The minimum Gasteiger partial charge on any atom is -0.497 e. The maximum absolute atomic E-state index is 11.4. The molecule has 1 amide bonds. The summed E-state index contributed by atoms with van der Waals surface area (Å²) < 4.78 is 10.6. The van der Waals surface area contributed by atoms with Crippen molar-refractivity contribution >= 4 is 5.91 Å². The summed E-state index contributed by atoms with van der Waals surface area (Å²) in [5, 5.41) is 0. The number of methoxy groups -OCH3 is 1. The molecule has 0 saturated heterocycles. The molecule has 1 atom stereocenters. The standard InChI is InChI=1S/C13H18N2O3/c1-17-10-4-6-11(7-5-10)18-8-13(15,12(14)16)9-2-3-9/h4-7,9H,2-3,8,15H2,1H3,(H2,14,16). The van der Waals surface area contributed by atoms with E-state index in [0.717, 1.165) is 18.6 Å². The first-order valence-electron chi connectivity index (χ1n) is 5.92. The van der Waals surface area contributed by atoms with Crippen LogP contribution in [0.2, 0.25) is 0 Å². The van der Waals surface area contributed by atoms with E-state index >= 15 is 0 Å². The molecule has 0 aliphatic heterocycles. The van der Waals surface area contributed by atoms with Gasteiger partial charge in [0.05, 0.1) is 7.11 Å². The number of carbonyl (C=O) groups excluding carboxylic acids is 1. The SMILES string of the molecule is COc1ccc(OCC(N)(C(N)=O)C2CC2)cc1. The van der Waals surface area contributed by atoms with Gasteiger partial charge in [-0.3, -0.25) is 4.79 Å². The first kappa shape index (κ1) is 12.7. The van der Waals surface area contributed by atoms with E-state index in [-0.39, 0.29) is 12.5 Å². The van der Waals surface area contributed by atoms with E-state index in [1.807, 2.05) is 0 Å². The van der Waals surface area contributed by atoms with Gasteiger partial charge in [-0.2, -0.15) is 0 Å². The molecule has 1 aliphatic rings. The predicted octanol–water partition coefficient (Wildman–Crippen LogP) is 0.667. The Morgan fingerprint density at radius 2 is 1.89 bits per heavy atom. The normalized spacial score (nSPS) is 17.9. The van der Waals surface area contributed by atoms with Crippen LogP contribution in [0.25, 0.3) is 0 Å². The van der Waals surface area contributed by atoms with Crippen LogP contribution in [-0.4, -0.2) is 25.2 Å². The van der Waals surface area contributed by atoms with Crippen molar-refractivity contribution in [1.82, 2.24) is 0 Å². The predicted molar refractivity (Wildman–Crippen MR) is 67.3 cm³/mol. The van der Waals surface area contributed by atoms with Gasteiger partial charge in [-0.05, 0) is 43.0 Å². The molecular formula is C13H18N2O3. The van der Waals surface area contributed by atoms with Gasteiger partial charge in [0.1, 0.15) is 23.6 Å². The van der Waals surface area contributed by atoms with Crippen molar-refractivity contribution in [2.45, 2.75) is 18.4 Å². The molecule has 5 heteroatoms. The van der Waals surface area contributed by atoms with Gasteiger partial charge in [0.2, 0.25) is 5.91 Å². The lowest BCUT2D eigenvalue weighted by molar-refractivity contribution is -0.125. The van der Waals surface area contributed by atoms with Crippen LogP contribution in [0.1, 0.15) is 12.8 Å². The molecule has 4 N–H and O–H groups in total. The van der Waals surface area contributed by atoms with Crippen molar-refractivity contribution in [3.05, 3.63) is 24.3 Å². The van der Waals surface area contributed by atoms with Crippen LogP contribution in [-0.2, 0) is 4.79 Å². The number of ether oxygens (including phenoxy) is 2. The van der Waals surface area contributed by atoms with Gasteiger partial charge in [0, 0.05) is 0 Å². The Labute approximate surface area is 106 Å². The summed E-state index contributed by atoms with van der Waals surface area (Å²) in [6.45, 7) is 0.110. The summed E-state index contributed by atoms with van der Waals surface area (Å²) in [7, 11) is 1.60. The van der Waals surface area contributed by atoms with Crippen molar-refractivity contribution in [3.8, 4) is 11.5 Å². The molecule has 1 unspecified atom stereocenters. The average Bonchev–Trinajstić information content (AvgIpc) is 3.21. The second kappa shape index (κ2) is 4.86. The molecular weight excluding hydrogens is 232 g/mol. The summed E-state index contributed by atoms with van der Waals surface area (Å²) in [6, 6.07) is 7.12. The molecule has 0 bridgehead atoms. The fraction of sp³-hybridized carbons (Fsp3) is 0.462. The Balaban J connectivity index is 1.98. The van der Waals surface area contributed by atoms with Crippen molar-refractivity contribution in [1.29, 1.82) is 0 Å². The lowest BCUT2D eigenvalue weighted by Crippen LogP contribution is -2.58. The van der Waals surface area contributed by atoms with Crippen LogP contribution in [0.4, 0.5) is 0 Å². The Morgan fingerprint density at radius 3 is 2.33 bits per heavy atom. The van der Waals surface area contributed by atoms with Gasteiger partial charge in [-0.1, -0.05) is 0 Å². The summed E-state index contributed by atoms with van der Waals surface area (Å²) >= 11 is 0. The summed E-state index contributed by atoms with van der Waals surface area (Å²) in [6.07, 6.45) is 1.87. The molecule has 5 nitrogen and oxygen atoms in total. The van der Waals surface area contributed by atoms with Crippen LogP contribution < -0.4 is 20.9 Å². The second-order valence-electron chi connectivity index (χ2n) is 4.64. The van der Waals surface area contributed by atoms with Gasteiger partial charge in [-0.25, -0.2) is 0 Å². The third kappa shape index (κ3) is 2.56. The highest BCUT2D eigenvalue weighted by Crippen LogP contribution is 2.38. The first-order valence-corrected chi connectivity index (χ1v) is 5.92. The molecule has 0 heterocycles. The van der Waals surface area contributed by atoms with E-state index in [9.17, 15) is 4.79 Å². The third-order valence-electron chi connectivity index (χ3n) is 3.30. The Bertz CT molecular complexity index is 428. The van der Waals surface area contributed by atoms with E-state index in [4.69, 9.17) is 20.9 Å². The number of carbonyl (C=O) groups is 1. The number of primary amides is 1. The molecule has 0 radical (unpaired) electrons. The van der Waals surface area contributed by atoms with Crippen LogP contribution in [0, 0.1) is 5.92 Å². The van der Waals surface area contributed by atoms with Crippen molar-refractivity contribution < 1.29 is 14.3 Å². The number of benzene rings is 1. The van der Waals surface area contributed by atoms with Gasteiger partial charge in [0.25, 0.3) is 0 Å². The smallest absolute Gasteiger partial charge is 0.241 e. The molecule has 0 aromatic heterocycles. The fourth-order valence-corrected chi connectivity index (χ4v) is 1.86. The molecule has 1 saturated carbocycles. The molecule has 2 rings (SSSR count).